The number of nitrogens with zero attached hydrogens (tertiary/aromatic N) is 3. The van der Waals surface area contributed by atoms with Gasteiger partial charge >= 0.3 is 6.03 Å². The van der Waals surface area contributed by atoms with Gasteiger partial charge in [0.1, 0.15) is 11.6 Å². The molecule has 0 unspecified atom stereocenters. The number of carbonyl (C=O) groups is 3. The number of imide groups is 1. The Morgan fingerprint density at radius 2 is 2.06 bits per heavy atom. The zero-order valence-electron chi connectivity index (χ0n) is 16.6. The molecule has 3 heterocycles. The van der Waals surface area contributed by atoms with E-state index < -0.39 is 5.91 Å². The van der Waals surface area contributed by atoms with Crippen molar-refractivity contribution < 1.29 is 14.4 Å². The number of fused-ring (bicyclic) bond motifs is 1. The number of hydrogen-bond donors (Lipinski definition) is 4. The first kappa shape index (κ1) is 20.8. The lowest BCUT2D eigenvalue weighted by Crippen LogP contribution is -2.37. The molecule has 0 bridgehead atoms. The van der Waals surface area contributed by atoms with E-state index in [0.29, 0.717) is 40.4 Å². The molecule has 164 valence electrons. The highest BCUT2D eigenvalue weighted by molar-refractivity contribution is 6.15. The molecule has 2 saturated carbocycles. The Morgan fingerprint density at radius 3 is 2.71 bits per heavy atom. The Labute approximate surface area is 179 Å². The van der Waals surface area contributed by atoms with Gasteiger partial charge in [-0.3, -0.25) is 20.2 Å². The van der Waals surface area contributed by atoms with Crippen molar-refractivity contribution in [2.45, 2.75) is 58.5 Å². The van der Waals surface area contributed by atoms with Crippen molar-refractivity contribution in [1.29, 1.82) is 0 Å². The van der Waals surface area contributed by atoms with Crippen molar-refractivity contribution in [2.24, 2.45) is 5.92 Å². The van der Waals surface area contributed by atoms with E-state index in [1.54, 1.807) is 22.9 Å². The number of urea groups is 1. The van der Waals surface area contributed by atoms with Crippen molar-refractivity contribution in [3.05, 3.63) is 23.4 Å². The molecule has 31 heavy (non-hydrogen) atoms. The van der Waals surface area contributed by atoms with Gasteiger partial charge in [0.15, 0.2) is 5.65 Å². The monoisotopic (exact) mass is 425 g/mol. The van der Waals surface area contributed by atoms with E-state index in [1.807, 2.05) is 6.92 Å². The zero-order chi connectivity index (χ0) is 20.8. The third-order valence-corrected chi connectivity index (χ3v) is 5.58. The maximum atomic E-state index is 12.4. The van der Waals surface area contributed by atoms with Gasteiger partial charge in [0, 0.05) is 29.3 Å². The lowest BCUT2D eigenvalue weighted by atomic mass is 10.1. The second-order valence-electron chi connectivity index (χ2n) is 8.23. The molecule has 0 spiro atoms. The molecule has 1 saturated heterocycles. The molecule has 3 aliphatic rings. The maximum Gasteiger partial charge on any atom is 0.320 e. The number of aromatic nitrogens is 3. The van der Waals surface area contributed by atoms with Gasteiger partial charge in [-0.05, 0) is 44.6 Å². The van der Waals surface area contributed by atoms with Crippen molar-refractivity contribution in [3.8, 4) is 0 Å². The largest absolute Gasteiger partial charge is 0.367 e. The first-order chi connectivity index (χ1) is 14.5. The molecule has 0 aromatic carbocycles. The molecule has 4 amide bonds. The Kier molecular flexibility index (Phi) is 5.38. The van der Waals surface area contributed by atoms with Crippen LogP contribution in [-0.4, -0.2) is 44.5 Å². The standard InChI is InChI=1S/C20H23N7O3.CH4/c1-10(11-2-3-11)22-20(30)25-15-8-16(23-14-4-5-14)27-18(24-15)13(9-21-27)6-12-7-17(28)26-19(12)29;/h6,8-11,14,23H,2-5,7H2,1H3,(H,26,28,29)(H2,22,24,25,30);1H4/b12-6+;/t10-;/m1./s1. The van der Waals surface area contributed by atoms with E-state index in [0.717, 1.165) is 25.7 Å². The lowest BCUT2D eigenvalue weighted by molar-refractivity contribution is -0.124. The SMILES string of the molecule is C.C[C@@H](NC(=O)Nc1cc(NC2CC2)n2ncc(/C=C3\CC(=O)NC3=O)c2n1)C1CC1. The molecule has 1 aliphatic heterocycles. The quantitative estimate of drug-likeness (QED) is 0.415. The minimum Gasteiger partial charge on any atom is -0.367 e. The normalized spacial score (nSPS) is 20.4. The topological polar surface area (TPSA) is 130 Å². The third-order valence-electron chi connectivity index (χ3n) is 5.58. The Morgan fingerprint density at radius 1 is 1.29 bits per heavy atom. The lowest BCUT2D eigenvalue weighted by Gasteiger charge is -2.14. The molecule has 2 aromatic heterocycles. The third kappa shape index (κ3) is 4.52. The smallest absolute Gasteiger partial charge is 0.320 e. The van der Waals surface area contributed by atoms with Gasteiger partial charge in [-0.2, -0.15) is 9.61 Å². The summed E-state index contributed by atoms with van der Waals surface area (Å²) in [4.78, 5) is 40.4. The number of hydrogen-bond acceptors (Lipinski definition) is 6. The first-order valence-electron chi connectivity index (χ1n) is 10.2. The molecule has 3 fully saturated rings. The van der Waals surface area contributed by atoms with Crippen molar-refractivity contribution in [2.75, 3.05) is 10.6 Å². The van der Waals surface area contributed by atoms with Gasteiger partial charge in [0.25, 0.3) is 5.91 Å². The van der Waals surface area contributed by atoms with Crippen LogP contribution in [0.4, 0.5) is 16.4 Å². The van der Waals surface area contributed by atoms with Gasteiger partial charge < -0.3 is 10.6 Å². The molecular formula is C21H27N7O3. The fraction of sp³-hybridized carbons (Fsp3) is 0.476. The summed E-state index contributed by atoms with van der Waals surface area (Å²) in [6.07, 6.45) is 7.69. The summed E-state index contributed by atoms with van der Waals surface area (Å²) in [5, 5.41) is 15.8. The molecule has 10 nitrogen and oxygen atoms in total. The van der Waals surface area contributed by atoms with Crippen LogP contribution < -0.4 is 21.3 Å². The van der Waals surface area contributed by atoms with E-state index >= 15 is 0 Å². The second kappa shape index (κ2) is 8.01. The van der Waals surface area contributed by atoms with Gasteiger partial charge in [0.05, 0.1) is 12.6 Å². The van der Waals surface area contributed by atoms with Crippen LogP contribution in [0.3, 0.4) is 0 Å². The van der Waals surface area contributed by atoms with E-state index in [4.69, 9.17) is 0 Å². The summed E-state index contributed by atoms with van der Waals surface area (Å²) in [6.45, 7) is 2.00. The van der Waals surface area contributed by atoms with Crippen LogP contribution >= 0.6 is 0 Å². The first-order valence-corrected chi connectivity index (χ1v) is 10.2. The van der Waals surface area contributed by atoms with Crippen molar-refractivity contribution >= 4 is 41.2 Å². The van der Waals surface area contributed by atoms with Crippen LogP contribution in [0.1, 0.15) is 52.0 Å². The van der Waals surface area contributed by atoms with Crippen LogP contribution in [0.5, 0.6) is 0 Å². The van der Waals surface area contributed by atoms with Crippen molar-refractivity contribution in [3.63, 3.8) is 0 Å². The van der Waals surface area contributed by atoms with Crippen LogP contribution in [0.25, 0.3) is 11.7 Å². The number of amides is 4. The van der Waals surface area contributed by atoms with E-state index in [-0.39, 0.29) is 31.8 Å². The molecule has 2 aliphatic carbocycles. The van der Waals surface area contributed by atoms with Crippen LogP contribution in [0, 0.1) is 5.92 Å². The molecular weight excluding hydrogens is 398 g/mol. The fourth-order valence-electron chi connectivity index (χ4n) is 3.57. The predicted molar refractivity (Wildman–Crippen MR) is 116 cm³/mol. The summed E-state index contributed by atoms with van der Waals surface area (Å²) in [5.74, 6) is 0.920. The zero-order valence-corrected chi connectivity index (χ0v) is 16.6. The van der Waals surface area contributed by atoms with Gasteiger partial charge in [-0.15, -0.1) is 0 Å². The molecule has 0 radical (unpaired) electrons. The predicted octanol–water partition coefficient (Wildman–Crippen LogP) is 2.29. The minimum atomic E-state index is -0.404. The highest BCUT2D eigenvalue weighted by Gasteiger charge is 2.29. The summed E-state index contributed by atoms with van der Waals surface area (Å²) in [7, 11) is 0. The van der Waals surface area contributed by atoms with Crippen LogP contribution in [0.2, 0.25) is 0 Å². The Balaban J connectivity index is 0.00000231. The fourth-order valence-corrected chi connectivity index (χ4v) is 3.57. The molecule has 1 atom stereocenters. The number of nitrogens with one attached hydrogen (secondary N) is 4. The summed E-state index contributed by atoms with van der Waals surface area (Å²) >= 11 is 0. The summed E-state index contributed by atoms with van der Waals surface area (Å²) in [5.41, 5.74) is 1.46. The molecule has 4 N–H and O–H groups in total. The number of rotatable bonds is 6. The summed E-state index contributed by atoms with van der Waals surface area (Å²) in [6, 6.07) is 1.94. The molecule has 5 rings (SSSR count). The minimum absolute atomic E-state index is 0. The van der Waals surface area contributed by atoms with E-state index in [9.17, 15) is 14.4 Å². The average molecular weight is 425 g/mol. The van der Waals surface area contributed by atoms with Gasteiger partial charge in [-0.1, -0.05) is 7.43 Å². The van der Waals surface area contributed by atoms with Gasteiger partial charge in [-0.25, -0.2) is 9.78 Å². The number of carbonyl (C=O) groups excluding carboxylic acids is 3. The van der Waals surface area contributed by atoms with Crippen LogP contribution in [0.15, 0.2) is 17.8 Å². The average Bonchev–Trinajstić information content (AvgIpc) is 3.60. The highest BCUT2D eigenvalue weighted by atomic mass is 16.2. The highest BCUT2D eigenvalue weighted by Crippen LogP contribution is 2.32. The van der Waals surface area contributed by atoms with Crippen molar-refractivity contribution in [1.82, 2.24) is 25.2 Å². The Bertz CT molecular complexity index is 1080. The second-order valence-corrected chi connectivity index (χ2v) is 8.23. The maximum absolute atomic E-state index is 12.4. The van der Waals surface area contributed by atoms with Crippen LogP contribution in [-0.2, 0) is 9.59 Å². The molecule has 10 heteroatoms. The van der Waals surface area contributed by atoms with E-state index in [1.165, 1.54) is 0 Å². The summed E-state index contributed by atoms with van der Waals surface area (Å²) < 4.78 is 1.65. The van der Waals surface area contributed by atoms with Gasteiger partial charge in [0.2, 0.25) is 5.91 Å². The molecule has 2 aromatic rings. The Hall–Kier alpha value is -3.43. The van der Waals surface area contributed by atoms with E-state index in [2.05, 4.69) is 31.3 Å². The number of anilines is 2.